The van der Waals surface area contributed by atoms with Gasteiger partial charge >= 0.3 is 0 Å². The van der Waals surface area contributed by atoms with Gasteiger partial charge in [0.1, 0.15) is 0 Å². The van der Waals surface area contributed by atoms with Gasteiger partial charge < -0.3 is 10.6 Å². The number of pyridine rings is 1. The summed E-state index contributed by atoms with van der Waals surface area (Å²) in [5.41, 5.74) is 0.904. The predicted molar refractivity (Wildman–Crippen MR) is 71.0 cm³/mol. The maximum atomic E-state index is 11.7. The van der Waals surface area contributed by atoms with E-state index in [4.69, 9.17) is 0 Å². The summed E-state index contributed by atoms with van der Waals surface area (Å²) in [6, 6.07) is 6.25. The van der Waals surface area contributed by atoms with Crippen LogP contribution >= 0.6 is 0 Å². The second-order valence-electron chi connectivity index (χ2n) is 4.78. The van der Waals surface area contributed by atoms with Crippen molar-refractivity contribution in [3.05, 3.63) is 30.1 Å². The maximum absolute atomic E-state index is 11.7. The van der Waals surface area contributed by atoms with Crippen molar-refractivity contribution < 1.29 is 4.79 Å². The van der Waals surface area contributed by atoms with Crippen LogP contribution in [0.4, 0.5) is 0 Å². The number of carbonyl (C=O) groups excluding carboxylic acids is 1. The summed E-state index contributed by atoms with van der Waals surface area (Å²) >= 11 is 0. The lowest BCUT2D eigenvalue weighted by Gasteiger charge is -2.23. The number of rotatable bonds is 5. The third-order valence-electron chi connectivity index (χ3n) is 3.33. The molecule has 2 N–H and O–H groups in total. The zero-order chi connectivity index (χ0) is 12.6. The van der Waals surface area contributed by atoms with E-state index in [0.717, 1.165) is 18.7 Å². The smallest absolute Gasteiger partial charge is 0.220 e. The molecule has 1 atom stereocenters. The van der Waals surface area contributed by atoms with Gasteiger partial charge in [0.2, 0.25) is 5.91 Å². The van der Waals surface area contributed by atoms with Crippen molar-refractivity contribution in [3.63, 3.8) is 0 Å². The number of amides is 1. The van der Waals surface area contributed by atoms with Gasteiger partial charge in [0.25, 0.3) is 0 Å². The highest BCUT2D eigenvalue weighted by atomic mass is 16.1. The third kappa shape index (κ3) is 4.45. The average molecular weight is 247 g/mol. The molecule has 2 rings (SSSR count). The average Bonchev–Trinajstić information content (AvgIpc) is 2.45. The number of piperidine rings is 1. The molecule has 1 amide bonds. The van der Waals surface area contributed by atoms with E-state index < -0.39 is 0 Å². The highest BCUT2D eigenvalue weighted by molar-refractivity contribution is 5.75. The van der Waals surface area contributed by atoms with Gasteiger partial charge in [0.15, 0.2) is 0 Å². The van der Waals surface area contributed by atoms with E-state index in [1.807, 2.05) is 18.2 Å². The topological polar surface area (TPSA) is 54.0 Å². The van der Waals surface area contributed by atoms with Crippen molar-refractivity contribution in [2.75, 3.05) is 6.54 Å². The first kappa shape index (κ1) is 13.0. The van der Waals surface area contributed by atoms with Gasteiger partial charge in [-0.1, -0.05) is 12.5 Å². The lowest BCUT2D eigenvalue weighted by molar-refractivity contribution is -0.121. The van der Waals surface area contributed by atoms with Gasteiger partial charge in [-0.05, 0) is 37.9 Å². The summed E-state index contributed by atoms with van der Waals surface area (Å²) in [6.07, 6.45) is 7.04. The van der Waals surface area contributed by atoms with Crippen LogP contribution in [0.1, 0.15) is 37.8 Å². The van der Waals surface area contributed by atoms with Gasteiger partial charge in [-0.25, -0.2) is 0 Å². The van der Waals surface area contributed by atoms with E-state index in [0.29, 0.717) is 19.0 Å². The summed E-state index contributed by atoms with van der Waals surface area (Å²) in [5, 5.41) is 6.37. The first-order chi connectivity index (χ1) is 8.84. The molecule has 2 heterocycles. The van der Waals surface area contributed by atoms with Gasteiger partial charge in [-0.2, -0.15) is 0 Å². The minimum atomic E-state index is 0.119. The molecule has 0 radical (unpaired) electrons. The summed E-state index contributed by atoms with van der Waals surface area (Å²) in [4.78, 5) is 15.9. The Kier molecular flexibility index (Phi) is 5.15. The van der Waals surface area contributed by atoms with E-state index in [2.05, 4.69) is 15.6 Å². The molecule has 0 spiro atoms. The molecule has 0 bridgehead atoms. The molecule has 1 saturated heterocycles. The molecule has 98 valence electrons. The molecule has 4 nitrogen and oxygen atoms in total. The van der Waals surface area contributed by atoms with Gasteiger partial charge in [0, 0.05) is 18.7 Å². The Labute approximate surface area is 108 Å². The van der Waals surface area contributed by atoms with Gasteiger partial charge in [-0.15, -0.1) is 0 Å². The Morgan fingerprint density at radius 2 is 2.39 bits per heavy atom. The second kappa shape index (κ2) is 7.11. The Morgan fingerprint density at radius 3 is 3.11 bits per heavy atom. The van der Waals surface area contributed by atoms with Crippen molar-refractivity contribution in [1.29, 1.82) is 0 Å². The van der Waals surface area contributed by atoms with E-state index in [1.54, 1.807) is 6.20 Å². The first-order valence-corrected chi connectivity index (χ1v) is 6.74. The largest absolute Gasteiger partial charge is 0.350 e. The Morgan fingerprint density at radius 1 is 1.44 bits per heavy atom. The molecule has 0 saturated carbocycles. The number of carbonyl (C=O) groups is 1. The van der Waals surface area contributed by atoms with Gasteiger partial charge in [-0.3, -0.25) is 9.78 Å². The molecule has 0 aliphatic carbocycles. The third-order valence-corrected chi connectivity index (χ3v) is 3.33. The first-order valence-electron chi connectivity index (χ1n) is 6.74. The predicted octanol–water partition coefficient (Wildman–Crippen LogP) is 1.62. The van der Waals surface area contributed by atoms with Crippen molar-refractivity contribution >= 4 is 5.91 Å². The van der Waals surface area contributed by atoms with Crippen LogP contribution in [0, 0.1) is 0 Å². The van der Waals surface area contributed by atoms with Crippen molar-refractivity contribution in [2.45, 2.75) is 44.7 Å². The molecule has 1 fully saturated rings. The normalized spacial score (nSPS) is 19.4. The second-order valence-corrected chi connectivity index (χ2v) is 4.78. The van der Waals surface area contributed by atoms with Crippen LogP contribution in [-0.4, -0.2) is 23.5 Å². The fraction of sp³-hybridized carbons (Fsp3) is 0.571. The lowest BCUT2D eigenvalue weighted by Crippen LogP contribution is -2.35. The zero-order valence-corrected chi connectivity index (χ0v) is 10.7. The summed E-state index contributed by atoms with van der Waals surface area (Å²) in [7, 11) is 0. The molecule has 1 unspecified atom stereocenters. The standard InChI is InChI=1S/C14H21N3O/c18-14(8-7-12-5-1-3-9-15-12)17-11-13-6-2-4-10-16-13/h2,4,6,10,12,15H,1,3,5,7-9,11H2,(H,17,18). The highest BCUT2D eigenvalue weighted by Crippen LogP contribution is 2.11. The minimum Gasteiger partial charge on any atom is -0.350 e. The van der Waals surface area contributed by atoms with Crippen LogP contribution in [0.3, 0.4) is 0 Å². The molecule has 1 aromatic rings. The van der Waals surface area contributed by atoms with Crippen LogP contribution in [0.15, 0.2) is 24.4 Å². The fourth-order valence-corrected chi connectivity index (χ4v) is 2.26. The fourth-order valence-electron chi connectivity index (χ4n) is 2.26. The van der Waals surface area contributed by atoms with Crippen LogP contribution in [0.5, 0.6) is 0 Å². The van der Waals surface area contributed by atoms with Crippen molar-refractivity contribution in [3.8, 4) is 0 Å². The Hall–Kier alpha value is -1.42. The van der Waals surface area contributed by atoms with Crippen LogP contribution < -0.4 is 10.6 Å². The van der Waals surface area contributed by atoms with E-state index >= 15 is 0 Å². The van der Waals surface area contributed by atoms with Crippen molar-refractivity contribution in [2.24, 2.45) is 0 Å². The monoisotopic (exact) mass is 247 g/mol. The molecular weight excluding hydrogens is 226 g/mol. The molecule has 4 heteroatoms. The van der Waals surface area contributed by atoms with E-state index in [-0.39, 0.29) is 5.91 Å². The van der Waals surface area contributed by atoms with Crippen LogP contribution in [0.25, 0.3) is 0 Å². The maximum Gasteiger partial charge on any atom is 0.220 e. The van der Waals surface area contributed by atoms with Gasteiger partial charge in [0.05, 0.1) is 12.2 Å². The molecular formula is C14H21N3O. The number of nitrogens with zero attached hydrogens (tertiary/aromatic N) is 1. The number of hydrogen-bond donors (Lipinski definition) is 2. The summed E-state index contributed by atoms with van der Waals surface area (Å²) in [6.45, 7) is 1.62. The number of aromatic nitrogens is 1. The summed E-state index contributed by atoms with van der Waals surface area (Å²) in [5.74, 6) is 0.119. The lowest BCUT2D eigenvalue weighted by atomic mass is 10.0. The molecule has 1 aromatic heterocycles. The van der Waals surface area contributed by atoms with E-state index in [1.165, 1.54) is 19.3 Å². The molecule has 1 aliphatic rings. The quantitative estimate of drug-likeness (QED) is 0.831. The van der Waals surface area contributed by atoms with Crippen molar-refractivity contribution in [1.82, 2.24) is 15.6 Å². The highest BCUT2D eigenvalue weighted by Gasteiger charge is 2.13. The number of nitrogens with one attached hydrogen (secondary N) is 2. The molecule has 0 aromatic carbocycles. The zero-order valence-electron chi connectivity index (χ0n) is 10.7. The van der Waals surface area contributed by atoms with E-state index in [9.17, 15) is 4.79 Å². The van der Waals surface area contributed by atoms with Crippen LogP contribution in [0.2, 0.25) is 0 Å². The van der Waals surface area contributed by atoms with Crippen LogP contribution in [-0.2, 0) is 11.3 Å². The molecule has 18 heavy (non-hydrogen) atoms. The Balaban J connectivity index is 1.63. The Bertz CT molecular complexity index is 361. The SMILES string of the molecule is O=C(CCC1CCCCN1)NCc1ccccn1. The minimum absolute atomic E-state index is 0.119. The number of hydrogen-bond acceptors (Lipinski definition) is 3. The molecule has 1 aliphatic heterocycles. The summed E-state index contributed by atoms with van der Waals surface area (Å²) < 4.78 is 0.